The Morgan fingerprint density at radius 1 is 1.18 bits per heavy atom. The molecule has 0 bridgehead atoms. The van der Waals surface area contributed by atoms with Crippen LogP contribution in [0.25, 0.3) is 22.2 Å². The Kier molecular flexibility index (Phi) is 5.64. The van der Waals surface area contributed by atoms with Gasteiger partial charge in [-0.05, 0) is 67.0 Å². The first-order chi connectivity index (χ1) is 16.7. The van der Waals surface area contributed by atoms with Crippen LogP contribution in [0.2, 0.25) is 0 Å². The summed E-state index contributed by atoms with van der Waals surface area (Å²) in [7, 11) is 0. The number of hydrogen-bond donors (Lipinski definition) is 2. The van der Waals surface area contributed by atoms with Gasteiger partial charge in [-0.25, -0.2) is 9.97 Å². The number of carbonyl (C=O) groups is 1. The third-order valence-corrected chi connectivity index (χ3v) is 7.90. The van der Waals surface area contributed by atoms with Gasteiger partial charge in [-0.3, -0.25) is 4.79 Å². The van der Waals surface area contributed by atoms with E-state index < -0.39 is 0 Å². The zero-order valence-corrected chi connectivity index (χ0v) is 19.6. The smallest absolute Gasteiger partial charge is 0.287 e. The maximum absolute atomic E-state index is 13.4. The van der Waals surface area contributed by atoms with Gasteiger partial charge in [0.2, 0.25) is 0 Å². The number of amides is 1. The van der Waals surface area contributed by atoms with Crippen molar-refractivity contribution in [3.63, 3.8) is 0 Å². The highest BCUT2D eigenvalue weighted by Gasteiger charge is 2.29. The molecule has 3 heterocycles. The third kappa shape index (κ3) is 4.02. The minimum Gasteiger partial charge on any atom is -0.443 e. The predicted molar refractivity (Wildman–Crippen MR) is 132 cm³/mol. The lowest BCUT2D eigenvalue weighted by Crippen LogP contribution is -2.33. The van der Waals surface area contributed by atoms with Gasteiger partial charge in [-0.2, -0.15) is 0 Å². The molecular weight excluding hydrogens is 448 g/mol. The zero-order valence-electron chi connectivity index (χ0n) is 18.7. The molecule has 174 valence electrons. The summed E-state index contributed by atoms with van der Waals surface area (Å²) in [4.78, 5) is 25.0. The van der Waals surface area contributed by atoms with Crippen LogP contribution >= 0.6 is 11.3 Å². The van der Waals surface area contributed by atoms with Crippen molar-refractivity contribution in [2.24, 2.45) is 0 Å². The largest absolute Gasteiger partial charge is 0.443 e. The fourth-order valence-corrected chi connectivity index (χ4v) is 5.88. The molecule has 0 spiro atoms. The maximum atomic E-state index is 13.4. The molecule has 2 aliphatic rings. The van der Waals surface area contributed by atoms with Crippen molar-refractivity contribution >= 4 is 34.0 Å². The number of benzene rings is 2. The van der Waals surface area contributed by atoms with Crippen LogP contribution in [0.4, 0.5) is 5.69 Å². The van der Waals surface area contributed by atoms with Crippen molar-refractivity contribution in [2.75, 3.05) is 11.4 Å². The lowest BCUT2D eigenvalue weighted by atomic mass is 9.93. The predicted octanol–water partition coefficient (Wildman–Crippen LogP) is 4.55. The van der Waals surface area contributed by atoms with E-state index in [2.05, 4.69) is 21.4 Å². The van der Waals surface area contributed by atoms with E-state index in [0.29, 0.717) is 24.1 Å². The topological polar surface area (TPSA) is 91.5 Å². The van der Waals surface area contributed by atoms with Gasteiger partial charge >= 0.3 is 0 Å². The van der Waals surface area contributed by atoms with Crippen LogP contribution in [0.1, 0.15) is 45.9 Å². The lowest BCUT2D eigenvalue weighted by Gasteiger charge is -2.26. The summed E-state index contributed by atoms with van der Waals surface area (Å²) in [6.07, 6.45) is 7.61. The summed E-state index contributed by atoms with van der Waals surface area (Å²) in [6, 6.07) is 12.6. The third-order valence-electron chi connectivity index (χ3n) is 6.91. The summed E-state index contributed by atoms with van der Waals surface area (Å²) in [6.45, 7) is 1.35. The summed E-state index contributed by atoms with van der Waals surface area (Å²) in [5.74, 6) is -0.0418. The van der Waals surface area contributed by atoms with Crippen LogP contribution in [0.3, 0.4) is 0 Å². The van der Waals surface area contributed by atoms with Crippen LogP contribution in [0, 0.1) is 0 Å². The minimum atomic E-state index is -0.153. The number of hydrogen-bond acceptors (Lipinski definition) is 7. The van der Waals surface area contributed by atoms with E-state index in [1.807, 2.05) is 41.4 Å². The second-order valence-corrected chi connectivity index (χ2v) is 10.2. The first-order valence-electron chi connectivity index (χ1n) is 11.8. The van der Waals surface area contributed by atoms with E-state index in [0.717, 1.165) is 64.9 Å². The summed E-state index contributed by atoms with van der Waals surface area (Å²) in [5.41, 5.74) is 5.93. The van der Waals surface area contributed by atoms with Crippen LogP contribution in [0.15, 0.2) is 53.4 Å². The average Bonchev–Trinajstić information content (AvgIpc) is 3.62. The van der Waals surface area contributed by atoms with Crippen molar-refractivity contribution in [1.29, 1.82) is 0 Å². The SMILES string of the molecule is O=C(c1ncc(CNC2CCC(O)CC2)s1)N1CCc2c(-c3ccc4ocnc4c3)cccc21. The van der Waals surface area contributed by atoms with Gasteiger partial charge in [0.05, 0.1) is 6.10 Å². The number of aromatic nitrogens is 2. The van der Waals surface area contributed by atoms with Crippen LogP contribution in [-0.4, -0.2) is 39.7 Å². The molecule has 0 unspecified atom stereocenters. The lowest BCUT2D eigenvalue weighted by molar-refractivity contribution is 0.0989. The van der Waals surface area contributed by atoms with Crippen molar-refractivity contribution < 1.29 is 14.3 Å². The van der Waals surface area contributed by atoms with Crippen molar-refractivity contribution in [2.45, 2.75) is 50.8 Å². The number of fused-ring (bicyclic) bond motifs is 2. The number of nitrogens with zero attached hydrogens (tertiary/aromatic N) is 3. The standard InChI is InChI=1S/C26H26N4O3S/c31-18-7-5-17(6-8-18)27-13-19-14-28-25(34-19)26(32)30-11-10-21-20(2-1-3-23(21)30)16-4-9-24-22(12-16)29-15-33-24/h1-4,9,12,14-15,17-18,27,31H,5-8,10-11,13H2. The molecule has 0 saturated heterocycles. The van der Waals surface area contributed by atoms with Gasteiger partial charge in [0.1, 0.15) is 5.52 Å². The van der Waals surface area contributed by atoms with Gasteiger partial charge in [0.25, 0.3) is 5.91 Å². The molecule has 0 radical (unpaired) electrons. The van der Waals surface area contributed by atoms with Gasteiger partial charge < -0.3 is 19.7 Å². The molecular formula is C26H26N4O3S. The molecule has 2 N–H and O–H groups in total. The molecule has 1 saturated carbocycles. The first-order valence-corrected chi connectivity index (χ1v) is 12.6. The molecule has 34 heavy (non-hydrogen) atoms. The Labute approximate surface area is 201 Å². The number of aliphatic hydroxyl groups is 1. The molecule has 7 nitrogen and oxygen atoms in total. The van der Waals surface area contributed by atoms with E-state index in [4.69, 9.17) is 4.42 Å². The number of rotatable bonds is 5. The number of thiazole rings is 1. The van der Waals surface area contributed by atoms with Gasteiger partial charge in [0, 0.05) is 35.9 Å². The minimum absolute atomic E-state index is 0.0418. The van der Waals surface area contributed by atoms with Gasteiger partial charge in [-0.1, -0.05) is 18.2 Å². The molecule has 2 aromatic carbocycles. The normalized spacial score (nSPS) is 20.1. The number of nitrogens with one attached hydrogen (secondary N) is 1. The number of anilines is 1. The molecule has 1 fully saturated rings. The molecule has 0 atom stereocenters. The van der Waals surface area contributed by atoms with Crippen molar-refractivity contribution in [3.8, 4) is 11.1 Å². The molecule has 1 aliphatic heterocycles. The second-order valence-electron chi connectivity index (χ2n) is 9.06. The van der Waals surface area contributed by atoms with Crippen LogP contribution in [0.5, 0.6) is 0 Å². The fourth-order valence-electron chi connectivity index (χ4n) is 5.07. The first kappa shape index (κ1) is 21.5. The summed E-state index contributed by atoms with van der Waals surface area (Å²) >= 11 is 1.46. The van der Waals surface area contributed by atoms with E-state index in [1.165, 1.54) is 23.3 Å². The molecule has 2 aromatic heterocycles. The zero-order chi connectivity index (χ0) is 23.1. The average molecular weight is 475 g/mol. The Hall–Kier alpha value is -3.07. The molecule has 8 heteroatoms. The van der Waals surface area contributed by atoms with Gasteiger partial charge in [0.15, 0.2) is 17.0 Å². The van der Waals surface area contributed by atoms with E-state index >= 15 is 0 Å². The fraction of sp³-hybridized carbons (Fsp3) is 0.346. The Morgan fingerprint density at radius 3 is 2.94 bits per heavy atom. The molecule has 4 aromatic rings. The maximum Gasteiger partial charge on any atom is 0.287 e. The Morgan fingerprint density at radius 2 is 2.06 bits per heavy atom. The van der Waals surface area contributed by atoms with Crippen LogP contribution in [-0.2, 0) is 13.0 Å². The summed E-state index contributed by atoms with van der Waals surface area (Å²) in [5, 5.41) is 13.8. The monoisotopic (exact) mass is 474 g/mol. The number of oxazole rings is 1. The van der Waals surface area contributed by atoms with Crippen molar-refractivity contribution in [1.82, 2.24) is 15.3 Å². The second kappa shape index (κ2) is 8.94. The van der Waals surface area contributed by atoms with Crippen molar-refractivity contribution in [3.05, 3.63) is 64.4 Å². The molecule has 1 amide bonds. The highest BCUT2D eigenvalue weighted by Crippen LogP contribution is 2.38. The Balaban J connectivity index is 1.18. The number of aliphatic hydroxyl groups excluding tert-OH is 1. The highest BCUT2D eigenvalue weighted by atomic mass is 32.1. The van der Waals surface area contributed by atoms with E-state index in [9.17, 15) is 9.90 Å². The van der Waals surface area contributed by atoms with E-state index in [1.54, 1.807) is 0 Å². The highest BCUT2D eigenvalue weighted by molar-refractivity contribution is 7.13. The summed E-state index contributed by atoms with van der Waals surface area (Å²) < 4.78 is 5.37. The Bertz CT molecular complexity index is 1340. The van der Waals surface area contributed by atoms with Gasteiger partial charge in [-0.15, -0.1) is 11.3 Å². The van der Waals surface area contributed by atoms with Crippen LogP contribution < -0.4 is 10.2 Å². The number of carbonyl (C=O) groups excluding carboxylic acids is 1. The molecule has 6 rings (SSSR count). The quantitative estimate of drug-likeness (QED) is 0.441. The molecule has 1 aliphatic carbocycles. The van der Waals surface area contributed by atoms with E-state index in [-0.39, 0.29) is 12.0 Å².